The van der Waals surface area contributed by atoms with Crippen molar-refractivity contribution >= 4 is 26.6 Å². The van der Waals surface area contributed by atoms with Gasteiger partial charge < -0.3 is 4.98 Å². The summed E-state index contributed by atoms with van der Waals surface area (Å²) in [5.74, 6) is 0. The van der Waals surface area contributed by atoms with Crippen LogP contribution in [0, 0.1) is 6.92 Å². The third-order valence-electron chi connectivity index (χ3n) is 5.91. The summed E-state index contributed by atoms with van der Waals surface area (Å²) in [7, 11) is -3.89. The molecule has 0 bridgehead atoms. The number of nitrogens with zero attached hydrogens (tertiary/aromatic N) is 2. The third kappa shape index (κ3) is 3.15. The number of sulfonamides is 1. The molecule has 1 aliphatic heterocycles. The third-order valence-corrected chi connectivity index (χ3v) is 7.72. The van der Waals surface area contributed by atoms with E-state index in [0.29, 0.717) is 23.1 Å². The summed E-state index contributed by atoms with van der Waals surface area (Å²) in [5, 5.41) is 0.348. The van der Waals surface area contributed by atoms with Gasteiger partial charge in [0.2, 0.25) is 0 Å². The number of rotatable bonds is 3. The quantitative estimate of drug-likeness (QED) is 0.522. The second-order valence-electron chi connectivity index (χ2n) is 7.87. The summed E-state index contributed by atoms with van der Waals surface area (Å²) >= 11 is 0. The number of hydrogen-bond donors (Lipinski definition) is 1. The van der Waals surface area contributed by atoms with E-state index < -0.39 is 21.3 Å². The Morgan fingerprint density at radius 3 is 2.56 bits per heavy atom. The molecule has 0 radical (unpaired) electrons. The standard InChI is InChI=1S/C24H21N3O4S/c1-16-7-4-13-22-19(16)11-6-14-26(22)32(30,31)18-9-5-8-17(15-18)27-23(28)20-10-2-3-12-21(20)25-24(27)29/h2-5,7-10,12-13,15H,6,11,14H2,1H3,(H,25,29). The molecule has 8 heteroatoms. The lowest BCUT2D eigenvalue weighted by Crippen LogP contribution is -2.36. The highest BCUT2D eigenvalue weighted by atomic mass is 32.2. The summed E-state index contributed by atoms with van der Waals surface area (Å²) in [6.45, 7) is 2.35. The molecule has 0 spiro atoms. The van der Waals surface area contributed by atoms with Gasteiger partial charge in [0, 0.05) is 6.54 Å². The van der Waals surface area contributed by atoms with E-state index in [0.717, 1.165) is 28.5 Å². The number of aromatic nitrogens is 2. The molecule has 0 aliphatic carbocycles. The van der Waals surface area contributed by atoms with Crippen LogP contribution < -0.4 is 15.6 Å². The Morgan fingerprint density at radius 1 is 0.938 bits per heavy atom. The van der Waals surface area contributed by atoms with Gasteiger partial charge >= 0.3 is 5.69 Å². The summed E-state index contributed by atoms with van der Waals surface area (Å²) < 4.78 is 29.5. The van der Waals surface area contributed by atoms with Crippen LogP contribution in [0.4, 0.5) is 5.69 Å². The Labute approximate surface area is 184 Å². The summed E-state index contributed by atoms with van der Waals surface area (Å²) in [6.07, 6.45) is 1.55. The molecule has 0 saturated carbocycles. The van der Waals surface area contributed by atoms with Crippen molar-refractivity contribution in [3.8, 4) is 5.69 Å². The molecule has 1 aliphatic rings. The lowest BCUT2D eigenvalue weighted by Gasteiger charge is -2.31. The van der Waals surface area contributed by atoms with Crippen LogP contribution in [-0.4, -0.2) is 24.5 Å². The zero-order valence-electron chi connectivity index (χ0n) is 17.4. The summed E-state index contributed by atoms with van der Waals surface area (Å²) in [5.41, 5.74) is 2.28. The maximum absolute atomic E-state index is 13.6. The van der Waals surface area contributed by atoms with Crippen molar-refractivity contribution in [1.82, 2.24) is 9.55 Å². The van der Waals surface area contributed by atoms with Gasteiger partial charge in [0.1, 0.15) is 0 Å². The van der Waals surface area contributed by atoms with E-state index >= 15 is 0 Å². The number of anilines is 1. The van der Waals surface area contributed by atoms with Crippen LogP contribution in [0.1, 0.15) is 17.5 Å². The Hall–Kier alpha value is -3.65. The first kappa shape index (κ1) is 20.3. The molecule has 162 valence electrons. The maximum Gasteiger partial charge on any atom is 0.333 e. The van der Waals surface area contributed by atoms with Crippen LogP contribution >= 0.6 is 0 Å². The number of H-pyrrole nitrogens is 1. The maximum atomic E-state index is 13.6. The van der Waals surface area contributed by atoms with E-state index in [-0.39, 0.29) is 10.6 Å². The fraction of sp³-hybridized carbons (Fsp3) is 0.167. The van der Waals surface area contributed by atoms with Crippen LogP contribution in [0.25, 0.3) is 16.6 Å². The lowest BCUT2D eigenvalue weighted by molar-refractivity contribution is 0.586. The van der Waals surface area contributed by atoms with Gasteiger partial charge in [0.25, 0.3) is 15.6 Å². The van der Waals surface area contributed by atoms with Gasteiger partial charge in [0.05, 0.1) is 27.2 Å². The number of hydrogen-bond acceptors (Lipinski definition) is 4. The average Bonchev–Trinajstić information content (AvgIpc) is 2.79. The Bertz CT molecular complexity index is 1590. The van der Waals surface area contributed by atoms with Crippen molar-refractivity contribution in [2.75, 3.05) is 10.8 Å². The molecular formula is C24H21N3O4S. The number of aryl methyl sites for hydroxylation is 1. The van der Waals surface area contributed by atoms with Crippen molar-refractivity contribution < 1.29 is 8.42 Å². The molecule has 32 heavy (non-hydrogen) atoms. The number of para-hydroxylation sites is 1. The molecule has 3 aromatic carbocycles. The predicted octanol–water partition coefficient (Wildman–Crippen LogP) is 3.13. The van der Waals surface area contributed by atoms with Crippen LogP contribution in [0.2, 0.25) is 0 Å². The zero-order valence-corrected chi connectivity index (χ0v) is 18.2. The Balaban J connectivity index is 1.65. The SMILES string of the molecule is Cc1cccc2c1CCCN2S(=O)(=O)c1cccc(-n2c(=O)[nH]c3ccccc3c2=O)c1. The van der Waals surface area contributed by atoms with E-state index in [4.69, 9.17) is 0 Å². The van der Waals surface area contributed by atoms with Crippen molar-refractivity contribution in [2.24, 2.45) is 0 Å². The van der Waals surface area contributed by atoms with Crippen molar-refractivity contribution in [3.63, 3.8) is 0 Å². The Morgan fingerprint density at radius 2 is 1.72 bits per heavy atom. The van der Waals surface area contributed by atoms with E-state index in [1.54, 1.807) is 36.4 Å². The molecule has 2 heterocycles. The molecule has 4 aromatic rings. The van der Waals surface area contributed by atoms with Crippen LogP contribution in [-0.2, 0) is 16.4 Å². The van der Waals surface area contributed by atoms with Gasteiger partial charge in [-0.15, -0.1) is 0 Å². The monoisotopic (exact) mass is 447 g/mol. The second-order valence-corrected chi connectivity index (χ2v) is 9.73. The normalized spacial score (nSPS) is 13.8. The van der Waals surface area contributed by atoms with E-state index in [9.17, 15) is 18.0 Å². The zero-order chi connectivity index (χ0) is 22.5. The number of aromatic amines is 1. The summed E-state index contributed by atoms with van der Waals surface area (Å²) in [4.78, 5) is 28.4. The van der Waals surface area contributed by atoms with Gasteiger partial charge in [-0.25, -0.2) is 17.8 Å². The number of fused-ring (bicyclic) bond motifs is 2. The minimum Gasteiger partial charge on any atom is -0.306 e. The van der Waals surface area contributed by atoms with Crippen molar-refractivity contribution in [3.05, 3.63) is 98.7 Å². The molecular weight excluding hydrogens is 426 g/mol. The average molecular weight is 448 g/mol. The van der Waals surface area contributed by atoms with E-state index in [1.165, 1.54) is 16.4 Å². The molecule has 5 rings (SSSR count). The fourth-order valence-corrected chi connectivity index (χ4v) is 5.90. The predicted molar refractivity (Wildman–Crippen MR) is 124 cm³/mol. The lowest BCUT2D eigenvalue weighted by atomic mass is 9.99. The second kappa shape index (κ2) is 7.49. The molecule has 0 saturated heterocycles. The minimum absolute atomic E-state index is 0.0313. The molecule has 7 nitrogen and oxygen atoms in total. The number of benzene rings is 3. The molecule has 0 fully saturated rings. The highest BCUT2D eigenvalue weighted by Gasteiger charge is 2.30. The van der Waals surface area contributed by atoms with Gasteiger partial charge in [-0.3, -0.25) is 9.10 Å². The Kier molecular flexibility index (Phi) is 4.74. The van der Waals surface area contributed by atoms with Gasteiger partial charge in [-0.2, -0.15) is 0 Å². The molecule has 0 atom stereocenters. The molecule has 0 amide bonds. The van der Waals surface area contributed by atoms with E-state index in [2.05, 4.69) is 4.98 Å². The fourth-order valence-electron chi connectivity index (χ4n) is 4.32. The van der Waals surface area contributed by atoms with Gasteiger partial charge in [-0.1, -0.05) is 30.3 Å². The summed E-state index contributed by atoms with van der Waals surface area (Å²) in [6, 6.07) is 18.3. The first-order chi connectivity index (χ1) is 15.4. The van der Waals surface area contributed by atoms with E-state index in [1.807, 2.05) is 25.1 Å². The van der Waals surface area contributed by atoms with Gasteiger partial charge in [-0.05, 0) is 67.3 Å². The first-order valence-corrected chi connectivity index (χ1v) is 11.8. The van der Waals surface area contributed by atoms with Crippen LogP contribution in [0.3, 0.4) is 0 Å². The first-order valence-electron chi connectivity index (χ1n) is 10.3. The molecule has 1 aromatic heterocycles. The number of nitrogens with one attached hydrogen (secondary N) is 1. The van der Waals surface area contributed by atoms with Crippen LogP contribution in [0.5, 0.6) is 0 Å². The molecule has 1 N–H and O–H groups in total. The minimum atomic E-state index is -3.89. The highest BCUT2D eigenvalue weighted by molar-refractivity contribution is 7.92. The van der Waals surface area contributed by atoms with Crippen molar-refractivity contribution in [1.29, 1.82) is 0 Å². The highest BCUT2D eigenvalue weighted by Crippen LogP contribution is 2.34. The molecule has 0 unspecified atom stereocenters. The van der Waals surface area contributed by atoms with Gasteiger partial charge in [0.15, 0.2) is 0 Å². The topological polar surface area (TPSA) is 92.2 Å². The van der Waals surface area contributed by atoms with Crippen molar-refractivity contribution in [2.45, 2.75) is 24.7 Å². The smallest absolute Gasteiger partial charge is 0.306 e. The largest absolute Gasteiger partial charge is 0.333 e. The van der Waals surface area contributed by atoms with Crippen LogP contribution in [0.15, 0.2) is 81.2 Å².